The third kappa shape index (κ3) is 8.95. The van der Waals surface area contributed by atoms with Gasteiger partial charge in [0.05, 0.1) is 0 Å². The molecule has 2 N–H and O–H groups in total. The molecule has 4 nitrogen and oxygen atoms in total. The van der Waals surface area contributed by atoms with Gasteiger partial charge in [0.2, 0.25) is 0 Å². The van der Waals surface area contributed by atoms with Gasteiger partial charge in [0.25, 0.3) is 0 Å². The molecule has 1 saturated heterocycles. The topological polar surface area (TPSA) is 39.7 Å². The molecule has 1 fully saturated rings. The summed E-state index contributed by atoms with van der Waals surface area (Å²) in [6.45, 7) is 10.2. The van der Waals surface area contributed by atoms with Gasteiger partial charge in [-0.1, -0.05) is 32.0 Å². The molecule has 0 spiro atoms. The predicted octanol–water partition coefficient (Wildman–Crippen LogP) is 4.07. The molecule has 0 amide bonds. The van der Waals surface area contributed by atoms with Crippen molar-refractivity contribution in [1.29, 1.82) is 0 Å². The predicted molar refractivity (Wildman–Crippen MR) is 126 cm³/mol. The molecule has 0 aromatic heterocycles. The molecule has 1 aliphatic rings. The van der Waals surface area contributed by atoms with Crippen LogP contribution in [0.25, 0.3) is 0 Å². The molecule has 1 aliphatic heterocycles. The van der Waals surface area contributed by atoms with Gasteiger partial charge < -0.3 is 15.5 Å². The molecule has 0 radical (unpaired) electrons. The summed E-state index contributed by atoms with van der Waals surface area (Å²) < 4.78 is 0. The molecule has 0 bridgehead atoms. The fraction of sp³-hybridized carbons (Fsp3) is 0.650. The summed E-state index contributed by atoms with van der Waals surface area (Å²) in [7, 11) is 1.85. The first-order chi connectivity index (χ1) is 12.2. The molecule has 1 aromatic carbocycles. The van der Waals surface area contributed by atoms with Crippen molar-refractivity contribution in [3.8, 4) is 0 Å². The van der Waals surface area contributed by atoms with Crippen LogP contribution in [0.2, 0.25) is 0 Å². The Morgan fingerprint density at radius 2 is 1.92 bits per heavy atom. The first-order valence-corrected chi connectivity index (χ1v) is 10.5. The highest BCUT2D eigenvalue weighted by molar-refractivity contribution is 14.0. The van der Waals surface area contributed by atoms with E-state index in [1.54, 1.807) is 0 Å². The van der Waals surface area contributed by atoms with Gasteiger partial charge in [-0.2, -0.15) is 0 Å². The van der Waals surface area contributed by atoms with Crippen molar-refractivity contribution in [3.05, 3.63) is 30.3 Å². The van der Waals surface area contributed by atoms with Crippen LogP contribution in [-0.4, -0.2) is 55.9 Å². The average molecular weight is 490 g/mol. The number of guanidine groups is 1. The molecule has 148 valence electrons. The first-order valence-electron chi connectivity index (χ1n) is 9.59. The Morgan fingerprint density at radius 3 is 2.54 bits per heavy atom. The smallest absolute Gasteiger partial charge is 0.191 e. The Balaban J connectivity index is 0.00000338. The Bertz CT molecular complexity index is 504. The number of aliphatic imine (C=N–C) groups is 1. The average Bonchev–Trinajstić information content (AvgIpc) is 2.66. The number of hydrogen-bond donors (Lipinski definition) is 2. The molecule has 0 saturated carbocycles. The lowest BCUT2D eigenvalue weighted by Crippen LogP contribution is -2.41. The minimum absolute atomic E-state index is 0. The van der Waals surface area contributed by atoms with Crippen LogP contribution in [-0.2, 0) is 0 Å². The van der Waals surface area contributed by atoms with Gasteiger partial charge in [0.15, 0.2) is 5.96 Å². The third-order valence-electron chi connectivity index (χ3n) is 4.86. The van der Waals surface area contributed by atoms with Crippen LogP contribution in [0, 0.1) is 5.92 Å². The van der Waals surface area contributed by atoms with Gasteiger partial charge >= 0.3 is 0 Å². The zero-order chi connectivity index (χ0) is 17.9. The summed E-state index contributed by atoms with van der Waals surface area (Å²) in [5.41, 5.74) is 0. The zero-order valence-electron chi connectivity index (χ0n) is 16.4. The number of thioether (sulfide) groups is 1. The van der Waals surface area contributed by atoms with E-state index in [2.05, 4.69) is 64.7 Å². The molecule has 6 heteroatoms. The summed E-state index contributed by atoms with van der Waals surface area (Å²) in [5, 5.41) is 7.43. The quantitative estimate of drug-likeness (QED) is 0.250. The first kappa shape index (κ1) is 23.6. The van der Waals surface area contributed by atoms with Gasteiger partial charge in [-0.25, -0.2) is 0 Å². The number of likely N-dealkylation sites (tertiary alicyclic amines) is 1. The third-order valence-corrected chi connectivity index (χ3v) is 5.97. The number of halogens is 1. The van der Waals surface area contributed by atoms with Crippen molar-refractivity contribution >= 4 is 41.7 Å². The van der Waals surface area contributed by atoms with E-state index < -0.39 is 0 Å². The lowest BCUT2D eigenvalue weighted by atomic mass is 9.93. The standard InChI is InChI=1S/C20H34N4S.HI/c1-4-24-14-11-18(12-15-24)10-13-22-20(21-3)23-16-17(2)25-19-8-6-5-7-9-19;/h5-9,17-18H,4,10-16H2,1-3H3,(H2,21,22,23);1H. The van der Waals surface area contributed by atoms with E-state index in [0.717, 1.165) is 25.0 Å². The van der Waals surface area contributed by atoms with Crippen molar-refractivity contribution < 1.29 is 0 Å². The fourth-order valence-electron chi connectivity index (χ4n) is 3.22. The number of rotatable bonds is 8. The SMILES string of the molecule is CCN1CCC(CCNC(=NC)NCC(C)Sc2ccccc2)CC1.I. The molecule has 1 atom stereocenters. The van der Waals surface area contributed by atoms with Gasteiger partial charge in [0, 0.05) is 30.3 Å². The zero-order valence-corrected chi connectivity index (χ0v) is 19.6. The monoisotopic (exact) mass is 490 g/mol. The molecule has 2 rings (SSSR count). The maximum Gasteiger partial charge on any atom is 0.191 e. The Hall–Kier alpha value is -0.470. The minimum Gasteiger partial charge on any atom is -0.356 e. The molecular formula is C20H35IN4S. The highest BCUT2D eigenvalue weighted by Crippen LogP contribution is 2.22. The molecule has 1 heterocycles. The maximum absolute atomic E-state index is 4.35. The summed E-state index contributed by atoms with van der Waals surface area (Å²) in [6, 6.07) is 10.6. The second kappa shape index (κ2) is 13.7. The van der Waals surface area contributed by atoms with Gasteiger partial charge in [-0.3, -0.25) is 4.99 Å². The second-order valence-electron chi connectivity index (χ2n) is 6.79. The van der Waals surface area contributed by atoms with Crippen LogP contribution >= 0.6 is 35.7 Å². The highest BCUT2D eigenvalue weighted by atomic mass is 127. The summed E-state index contributed by atoms with van der Waals surface area (Å²) in [4.78, 5) is 8.22. The number of benzene rings is 1. The van der Waals surface area contributed by atoms with Crippen molar-refractivity contribution in [2.75, 3.05) is 39.8 Å². The van der Waals surface area contributed by atoms with E-state index in [9.17, 15) is 0 Å². The number of nitrogens with one attached hydrogen (secondary N) is 2. The molecule has 0 aliphatic carbocycles. The van der Waals surface area contributed by atoms with Crippen molar-refractivity contribution in [3.63, 3.8) is 0 Å². The van der Waals surface area contributed by atoms with E-state index in [-0.39, 0.29) is 24.0 Å². The van der Waals surface area contributed by atoms with Crippen LogP contribution < -0.4 is 10.6 Å². The van der Waals surface area contributed by atoms with Crippen LogP contribution in [0.1, 0.15) is 33.1 Å². The Kier molecular flexibility index (Phi) is 12.4. The lowest BCUT2D eigenvalue weighted by molar-refractivity contribution is 0.187. The van der Waals surface area contributed by atoms with Crippen molar-refractivity contribution in [2.24, 2.45) is 10.9 Å². The Labute approximate surface area is 181 Å². The van der Waals surface area contributed by atoms with E-state index in [1.165, 1.54) is 43.8 Å². The molecule has 1 unspecified atom stereocenters. The molecule has 1 aromatic rings. The van der Waals surface area contributed by atoms with E-state index in [1.807, 2.05) is 18.8 Å². The highest BCUT2D eigenvalue weighted by Gasteiger charge is 2.17. The van der Waals surface area contributed by atoms with Gasteiger partial charge in [-0.05, 0) is 56.9 Å². The molecular weight excluding hydrogens is 455 g/mol. The number of nitrogens with zero attached hydrogens (tertiary/aromatic N) is 2. The lowest BCUT2D eigenvalue weighted by Gasteiger charge is -2.31. The maximum atomic E-state index is 4.35. The molecule has 26 heavy (non-hydrogen) atoms. The van der Waals surface area contributed by atoms with Crippen LogP contribution in [0.4, 0.5) is 0 Å². The van der Waals surface area contributed by atoms with Gasteiger partial charge in [-0.15, -0.1) is 35.7 Å². The van der Waals surface area contributed by atoms with Crippen LogP contribution in [0.3, 0.4) is 0 Å². The summed E-state index contributed by atoms with van der Waals surface area (Å²) >= 11 is 1.89. The minimum atomic E-state index is 0. The normalized spacial score (nSPS) is 17.4. The van der Waals surface area contributed by atoms with E-state index in [4.69, 9.17) is 0 Å². The summed E-state index contributed by atoms with van der Waals surface area (Å²) in [5.74, 6) is 1.78. The van der Waals surface area contributed by atoms with Crippen molar-refractivity contribution in [2.45, 2.75) is 43.3 Å². The Morgan fingerprint density at radius 1 is 1.23 bits per heavy atom. The number of piperidine rings is 1. The fourth-order valence-corrected chi connectivity index (χ4v) is 4.17. The van der Waals surface area contributed by atoms with Gasteiger partial charge in [0.1, 0.15) is 0 Å². The summed E-state index contributed by atoms with van der Waals surface area (Å²) in [6.07, 6.45) is 3.92. The van der Waals surface area contributed by atoms with E-state index >= 15 is 0 Å². The largest absolute Gasteiger partial charge is 0.356 e. The van der Waals surface area contributed by atoms with Crippen molar-refractivity contribution in [1.82, 2.24) is 15.5 Å². The second-order valence-corrected chi connectivity index (χ2v) is 8.30. The van der Waals surface area contributed by atoms with Crippen LogP contribution in [0.5, 0.6) is 0 Å². The van der Waals surface area contributed by atoms with Crippen LogP contribution in [0.15, 0.2) is 40.2 Å². The van der Waals surface area contributed by atoms with E-state index in [0.29, 0.717) is 5.25 Å². The number of hydrogen-bond acceptors (Lipinski definition) is 3.